The van der Waals surface area contributed by atoms with Crippen LogP contribution in [0.5, 0.6) is 5.75 Å². The van der Waals surface area contributed by atoms with Crippen molar-refractivity contribution in [1.29, 1.82) is 0 Å². The van der Waals surface area contributed by atoms with Crippen molar-refractivity contribution < 1.29 is 24.0 Å². The number of carbonyl (C=O) groups excluding carboxylic acids is 2. The fourth-order valence-electron chi connectivity index (χ4n) is 2.43. The molecular weight excluding hydrogens is 364 g/mol. The lowest BCUT2D eigenvalue weighted by Gasteiger charge is -2.16. The molecule has 1 atom stereocenters. The lowest BCUT2D eigenvalue weighted by Crippen LogP contribution is -2.31. The Hall–Kier alpha value is -3.42. The molecule has 28 heavy (non-hydrogen) atoms. The molecule has 0 aliphatic rings. The van der Waals surface area contributed by atoms with Crippen LogP contribution in [0.1, 0.15) is 24.5 Å². The Morgan fingerprint density at radius 1 is 1.14 bits per heavy atom. The molecule has 0 aromatic heterocycles. The number of nitro benzene ring substituents is 1. The quantitative estimate of drug-likeness (QED) is 0.422. The van der Waals surface area contributed by atoms with E-state index in [9.17, 15) is 19.7 Å². The van der Waals surface area contributed by atoms with Crippen molar-refractivity contribution in [1.82, 2.24) is 0 Å². The third kappa shape index (κ3) is 5.54. The molecule has 2 rings (SSSR count). The number of para-hydroxylation sites is 1. The number of benzene rings is 2. The van der Waals surface area contributed by atoms with Crippen LogP contribution in [-0.4, -0.2) is 29.5 Å². The third-order valence-corrected chi connectivity index (χ3v) is 4.08. The molecule has 0 heterocycles. The Bertz CT molecular complexity index is 866. The van der Waals surface area contributed by atoms with E-state index in [4.69, 9.17) is 9.47 Å². The maximum Gasteiger partial charge on any atom is 0.347 e. The predicted octanol–water partition coefficient (Wildman–Crippen LogP) is 3.55. The van der Waals surface area contributed by atoms with Crippen LogP contribution in [0.3, 0.4) is 0 Å². The molecule has 0 unspecified atom stereocenters. The van der Waals surface area contributed by atoms with Gasteiger partial charge in [-0.2, -0.15) is 0 Å². The van der Waals surface area contributed by atoms with Crippen molar-refractivity contribution in [2.24, 2.45) is 0 Å². The molecule has 8 heteroatoms. The smallest absolute Gasteiger partial charge is 0.347 e. The van der Waals surface area contributed by atoms with Gasteiger partial charge in [0, 0.05) is 6.07 Å². The van der Waals surface area contributed by atoms with E-state index in [0.29, 0.717) is 12.2 Å². The fraction of sp³-hybridized carbons (Fsp3) is 0.300. The standard InChI is InChI=1S/C20H22N2O6/c1-4-18(28-15-8-6-5-7-9-15)20(24)27-12-19(23)21-16-10-13(2)14(3)11-17(16)22(25)26/h5-11,18H,4,12H2,1-3H3,(H,21,23)/t18-/m1/s1. The molecule has 0 fully saturated rings. The van der Waals surface area contributed by atoms with Gasteiger partial charge >= 0.3 is 5.97 Å². The van der Waals surface area contributed by atoms with E-state index in [1.54, 1.807) is 45.0 Å². The lowest BCUT2D eigenvalue weighted by molar-refractivity contribution is -0.384. The summed E-state index contributed by atoms with van der Waals surface area (Å²) in [5.41, 5.74) is 1.36. The van der Waals surface area contributed by atoms with Gasteiger partial charge in [0.15, 0.2) is 12.7 Å². The van der Waals surface area contributed by atoms with Crippen LogP contribution >= 0.6 is 0 Å². The molecule has 0 bridgehead atoms. The molecule has 0 radical (unpaired) electrons. The van der Waals surface area contributed by atoms with E-state index < -0.39 is 29.5 Å². The number of anilines is 1. The summed E-state index contributed by atoms with van der Waals surface area (Å²) in [6.45, 7) is 4.71. The van der Waals surface area contributed by atoms with E-state index in [1.807, 2.05) is 6.07 Å². The van der Waals surface area contributed by atoms with Crippen molar-refractivity contribution in [3.05, 3.63) is 63.7 Å². The summed E-state index contributed by atoms with van der Waals surface area (Å²) < 4.78 is 10.6. The second-order valence-corrected chi connectivity index (χ2v) is 6.19. The lowest BCUT2D eigenvalue weighted by atomic mass is 10.1. The molecule has 8 nitrogen and oxygen atoms in total. The summed E-state index contributed by atoms with van der Waals surface area (Å²) in [5.74, 6) is -0.841. The molecule has 0 aliphatic heterocycles. The maximum absolute atomic E-state index is 12.2. The van der Waals surface area contributed by atoms with Crippen LogP contribution in [0.25, 0.3) is 0 Å². The second-order valence-electron chi connectivity index (χ2n) is 6.19. The summed E-state index contributed by atoms with van der Waals surface area (Å²) in [5, 5.41) is 13.6. The Labute approximate surface area is 162 Å². The number of nitrogens with zero attached hydrogens (tertiary/aromatic N) is 1. The Balaban J connectivity index is 1.97. The molecule has 0 saturated carbocycles. The number of amides is 1. The summed E-state index contributed by atoms with van der Waals surface area (Å²) in [6, 6.07) is 11.7. The van der Waals surface area contributed by atoms with Crippen LogP contribution < -0.4 is 10.1 Å². The van der Waals surface area contributed by atoms with Gasteiger partial charge in [-0.05, 0) is 49.6 Å². The second kappa shape index (κ2) is 9.50. The molecule has 2 aromatic carbocycles. The highest BCUT2D eigenvalue weighted by Crippen LogP contribution is 2.27. The zero-order valence-electron chi connectivity index (χ0n) is 15.9. The number of nitro groups is 1. The van der Waals surface area contributed by atoms with Gasteiger partial charge in [0.25, 0.3) is 11.6 Å². The number of nitrogens with one attached hydrogen (secondary N) is 1. The molecule has 0 spiro atoms. The first-order chi connectivity index (χ1) is 13.3. The van der Waals surface area contributed by atoms with Gasteiger partial charge in [-0.25, -0.2) is 4.79 Å². The number of hydrogen-bond donors (Lipinski definition) is 1. The van der Waals surface area contributed by atoms with Gasteiger partial charge in [0.2, 0.25) is 0 Å². The molecular formula is C20H22N2O6. The first-order valence-corrected chi connectivity index (χ1v) is 8.75. The number of rotatable bonds is 8. The van der Waals surface area contributed by atoms with Gasteiger partial charge in [0.1, 0.15) is 11.4 Å². The third-order valence-electron chi connectivity index (χ3n) is 4.08. The van der Waals surface area contributed by atoms with Crippen LogP contribution in [-0.2, 0) is 14.3 Å². The minimum absolute atomic E-state index is 0.0572. The van der Waals surface area contributed by atoms with Crippen LogP contribution in [0.15, 0.2) is 42.5 Å². The van der Waals surface area contributed by atoms with Gasteiger partial charge in [-0.1, -0.05) is 25.1 Å². The summed E-state index contributed by atoms with van der Waals surface area (Å²) >= 11 is 0. The SMILES string of the molecule is CC[C@@H](Oc1ccccc1)C(=O)OCC(=O)Nc1cc(C)c(C)cc1[N+](=O)[O-]. The average molecular weight is 386 g/mol. The molecule has 1 N–H and O–H groups in total. The van der Waals surface area contributed by atoms with E-state index in [1.165, 1.54) is 12.1 Å². The number of ether oxygens (including phenoxy) is 2. The molecule has 0 saturated heterocycles. The van der Waals surface area contributed by atoms with Crippen molar-refractivity contribution in [2.75, 3.05) is 11.9 Å². The molecule has 0 aliphatic carbocycles. The largest absolute Gasteiger partial charge is 0.479 e. The van der Waals surface area contributed by atoms with Crippen molar-refractivity contribution in [3.8, 4) is 5.75 Å². The normalized spacial score (nSPS) is 11.4. The first-order valence-electron chi connectivity index (χ1n) is 8.75. The number of hydrogen-bond acceptors (Lipinski definition) is 6. The van der Waals surface area contributed by atoms with Crippen LogP contribution in [0.4, 0.5) is 11.4 Å². The predicted molar refractivity (Wildman–Crippen MR) is 103 cm³/mol. The molecule has 2 aromatic rings. The Morgan fingerprint density at radius 3 is 2.39 bits per heavy atom. The highest BCUT2D eigenvalue weighted by atomic mass is 16.6. The Morgan fingerprint density at radius 2 is 1.79 bits per heavy atom. The van der Waals surface area contributed by atoms with E-state index in [0.717, 1.165) is 11.1 Å². The van der Waals surface area contributed by atoms with Crippen LogP contribution in [0, 0.1) is 24.0 Å². The van der Waals surface area contributed by atoms with E-state index >= 15 is 0 Å². The number of aryl methyl sites for hydroxylation is 2. The van der Waals surface area contributed by atoms with Gasteiger partial charge in [-0.3, -0.25) is 14.9 Å². The molecule has 1 amide bonds. The summed E-state index contributed by atoms with van der Waals surface area (Å²) in [4.78, 5) is 34.9. The first kappa shape index (κ1) is 20.9. The minimum atomic E-state index is -0.855. The van der Waals surface area contributed by atoms with Gasteiger partial charge in [-0.15, -0.1) is 0 Å². The van der Waals surface area contributed by atoms with E-state index in [2.05, 4.69) is 5.32 Å². The maximum atomic E-state index is 12.2. The van der Waals surface area contributed by atoms with E-state index in [-0.39, 0.29) is 11.4 Å². The minimum Gasteiger partial charge on any atom is -0.479 e. The number of esters is 1. The highest BCUT2D eigenvalue weighted by molar-refractivity contribution is 5.95. The highest BCUT2D eigenvalue weighted by Gasteiger charge is 2.22. The number of carbonyl (C=O) groups is 2. The van der Waals surface area contributed by atoms with Crippen molar-refractivity contribution in [2.45, 2.75) is 33.3 Å². The van der Waals surface area contributed by atoms with Crippen molar-refractivity contribution >= 4 is 23.3 Å². The fourth-order valence-corrected chi connectivity index (χ4v) is 2.43. The van der Waals surface area contributed by atoms with Crippen LogP contribution in [0.2, 0.25) is 0 Å². The zero-order valence-corrected chi connectivity index (χ0v) is 15.9. The summed E-state index contributed by atoms with van der Waals surface area (Å²) in [6.07, 6.45) is -0.496. The van der Waals surface area contributed by atoms with Gasteiger partial charge in [0.05, 0.1) is 4.92 Å². The van der Waals surface area contributed by atoms with Crippen molar-refractivity contribution in [3.63, 3.8) is 0 Å². The monoisotopic (exact) mass is 386 g/mol. The average Bonchev–Trinajstić information content (AvgIpc) is 2.67. The molecule has 148 valence electrons. The zero-order chi connectivity index (χ0) is 20.7. The Kier molecular flexibility index (Phi) is 7.08. The van der Waals surface area contributed by atoms with Gasteiger partial charge < -0.3 is 14.8 Å². The summed E-state index contributed by atoms with van der Waals surface area (Å²) in [7, 11) is 0. The topological polar surface area (TPSA) is 108 Å².